The SMILES string of the molecule is C#CSc1cccc(-c2cccc(-c3cccc(SC#C)c3)c2)c1. The molecule has 0 aliphatic rings. The largest absolute Gasteiger partial charge is 0.108 e. The van der Waals surface area contributed by atoms with Crippen LogP contribution in [0.15, 0.2) is 82.6 Å². The van der Waals surface area contributed by atoms with Crippen molar-refractivity contribution in [3.8, 4) is 45.6 Å². The van der Waals surface area contributed by atoms with Gasteiger partial charge in [0.05, 0.1) is 0 Å². The molecular formula is C22H14S2. The van der Waals surface area contributed by atoms with Crippen molar-refractivity contribution in [2.24, 2.45) is 0 Å². The van der Waals surface area contributed by atoms with E-state index in [1.807, 2.05) is 24.3 Å². The molecule has 2 heteroatoms. The van der Waals surface area contributed by atoms with Gasteiger partial charge in [0, 0.05) is 9.79 Å². The Morgan fingerprint density at radius 2 is 0.917 bits per heavy atom. The molecule has 0 aliphatic heterocycles. The molecule has 114 valence electrons. The molecule has 0 bridgehead atoms. The second-order valence-electron chi connectivity index (χ2n) is 5.08. The van der Waals surface area contributed by atoms with Crippen LogP contribution in [0.4, 0.5) is 0 Å². The van der Waals surface area contributed by atoms with Gasteiger partial charge in [-0.25, -0.2) is 0 Å². The predicted molar refractivity (Wildman–Crippen MR) is 107 cm³/mol. The summed E-state index contributed by atoms with van der Waals surface area (Å²) in [6.07, 6.45) is 10.8. The highest BCUT2D eigenvalue weighted by Gasteiger charge is 2.04. The number of benzene rings is 3. The summed E-state index contributed by atoms with van der Waals surface area (Å²) in [5, 5.41) is 5.23. The summed E-state index contributed by atoms with van der Waals surface area (Å²) in [6, 6.07) is 25.1. The topological polar surface area (TPSA) is 0 Å². The van der Waals surface area contributed by atoms with Crippen molar-refractivity contribution in [3.05, 3.63) is 72.8 Å². The molecule has 0 N–H and O–H groups in total. The molecule has 24 heavy (non-hydrogen) atoms. The molecule has 0 saturated carbocycles. The van der Waals surface area contributed by atoms with Gasteiger partial charge in [0.15, 0.2) is 0 Å². The Hall–Kier alpha value is -2.52. The molecular weight excluding hydrogens is 328 g/mol. The first-order chi connectivity index (χ1) is 11.8. The van der Waals surface area contributed by atoms with Gasteiger partial charge in [0.2, 0.25) is 0 Å². The van der Waals surface area contributed by atoms with E-state index in [4.69, 9.17) is 12.8 Å². The van der Waals surface area contributed by atoms with E-state index in [9.17, 15) is 0 Å². The Bertz CT molecular complexity index is 868. The Balaban J connectivity index is 1.98. The van der Waals surface area contributed by atoms with Crippen LogP contribution in [0.3, 0.4) is 0 Å². The lowest BCUT2D eigenvalue weighted by atomic mass is 9.99. The van der Waals surface area contributed by atoms with Crippen LogP contribution in [0.2, 0.25) is 0 Å². The first-order valence-corrected chi connectivity index (χ1v) is 8.99. The van der Waals surface area contributed by atoms with E-state index in [-0.39, 0.29) is 0 Å². The number of hydrogen-bond acceptors (Lipinski definition) is 2. The Morgan fingerprint density at radius 1 is 0.542 bits per heavy atom. The fourth-order valence-electron chi connectivity index (χ4n) is 2.49. The minimum Gasteiger partial charge on any atom is -0.108 e. The summed E-state index contributed by atoms with van der Waals surface area (Å²) in [7, 11) is 0. The summed E-state index contributed by atoms with van der Waals surface area (Å²) in [6.45, 7) is 0. The summed E-state index contributed by atoms with van der Waals surface area (Å²) >= 11 is 2.80. The lowest BCUT2D eigenvalue weighted by Crippen LogP contribution is -1.82. The van der Waals surface area contributed by atoms with Gasteiger partial charge < -0.3 is 0 Å². The smallest absolute Gasteiger partial charge is 0.0209 e. The van der Waals surface area contributed by atoms with Crippen LogP contribution < -0.4 is 0 Å². The molecule has 0 nitrogen and oxygen atoms in total. The number of terminal acetylenes is 2. The van der Waals surface area contributed by atoms with E-state index in [2.05, 4.69) is 59.0 Å². The molecule has 3 aromatic carbocycles. The zero-order valence-electron chi connectivity index (χ0n) is 12.9. The van der Waals surface area contributed by atoms with Crippen molar-refractivity contribution in [3.63, 3.8) is 0 Å². The molecule has 0 amide bonds. The van der Waals surface area contributed by atoms with Crippen LogP contribution in [0.1, 0.15) is 0 Å². The average molecular weight is 342 g/mol. The summed E-state index contributed by atoms with van der Waals surface area (Å²) in [5.41, 5.74) is 4.65. The molecule has 0 heterocycles. The third-order valence-corrected chi connectivity index (χ3v) is 4.77. The third-order valence-electron chi connectivity index (χ3n) is 3.55. The summed E-state index contributed by atoms with van der Waals surface area (Å²) < 4.78 is 0. The molecule has 0 saturated heterocycles. The minimum atomic E-state index is 1.08. The van der Waals surface area contributed by atoms with E-state index in [1.165, 1.54) is 34.7 Å². The summed E-state index contributed by atoms with van der Waals surface area (Å²) in [4.78, 5) is 2.15. The van der Waals surface area contributed by atoms with Crippen molar-refractivity contribution >= 4 is 23.5 Å². The van der Waals surface area contributed by atoms with Gasteiger partial charge in [-0.2, -0.15) is 0 Å². The van der Waals surface area contributed by atoms with E-state index in [0.29, 0.717) is 0 Å². The Morgan fingerprint density at radius 3 is 1.33 bits per heavy atom. The van der Waals surface area contributed by atoms with Gasteiger partial charge in [-0.05, 0) is 86.6 Å². The highest BCUT2D eigenvalue weighted by atomic mass is 32.2. The zero-order chi connectivity index (χ0) is 16.8. The molecule has 0 radical (unpaired) electrons. The monoisotopic (exact) mass is 342 g/mol. The maximum Gasteiger partial charge on any atom is 0.0209 e. The van der Waals surface area contributed by atoms with E-state index >= 15 is 0 Å². The fraction of sp³-hybridized carbons (Fsp3) is 0. The Kier molecular flexibility index (Phi) is 5.34. The number of rotatable bonds is 4. The molecule has 0 aromatic heterocycles. The van der Waals surface area contributed by atoms with E-state index in [0.717, 1.165) is 20.9 Å². The molecule has 3 aromatic rings. The van der Waals surface area contributed by atoms with Crippen molar-refractivity contribution < 1.29 is 0 Å². The van der Waals surface area contributed by atoms with Gasteiger partial charge in [-0.1, -0.05) is 42.5 Å². The van der Waals surface area contributed by atoms with Gasteiger partial charge in [0.1, 0.15) is 0 Å². The van der Waals surface area contributed by atoms with Crippen LogP contribution in [0, 0.1) is 23.4 Å². The van der Waals surface area contributed by atoms with Gasteiger partial charge in [0.25, 0.3) is 0 Å². The van der Waals surface area contributed by atoms with Crippen molar-refractivity contribution in [2.75, 3.05) is 0 Å². The highest BCUT2D eigenvalue weighted by Crippen LogP contribution is 2.30. The van der Waals surface area contributed by atoms with Crippen LogP contribution in [-0.4, -0.2) is 0 Å². The fourth-order valence-corrected chi connectivity index (χ4v) is 3.43. The van der Waals surface area contributed by atoms with Crippen LogP contribution in [0.25, 0.3) is 22.3 Å². The molecule has 0 unspecified atom stereocenters. The molecule has 0 spiro atoms. The van der Waals surface area contributed by atoms with Crippen LogP contribution in [-0.2, 0) is 0 Å². The lowest BCUT2D eigenvalue weighted by molar-refractivity contribution is 1.45. The van der Waals surface area contributed by atoms with Gasteiger partial charge >= 0.3 is 0 Å². The van der Waals surface area contributed by atoms with Gasteiger partial charge in [-0.15, -0.1) is 12.8 Å². The first kappa shape index (κ1) is 16.3. The van der Waals surface area contributed by atoms with Crippen molar-refractivity contribution in [1.29, 1.82) is 0 Å². The maximum absolute atomic E-state index is 5.39. The molecule has 0 aliphatic carbocycles. The number of hydrogen-bond donors (Lipinski definition) is 0. The minimum absolute atomic E-state index is 1.08. The van der Waals surface area contributed by atoms with Crippen molar-refractivity contribution in [2.45, 2.75) is 9.79 Å². The van der Waals surface area contributed by atoms with Gasteiger partial charge in [-0.3, -0.25) is 0 Å². The molecule has 0 atom stereocenters. The average Bonchev–Trinajstić information content (AvgIpc) is 2.63. The Labute approximate surface area is 151 Å². The second kappa shape index (κ2) is 7.84. The third kappa shape index (κ3) is 3.87. The lowest BCUT2D eigenvalue weighted by Gasteiger charge is -2.08. The number of thioether (sulfide) groups is 2. The molecule has 0 fully saturated rings. The van der Waals surface area contributed by atoms with Crippen molar-refractivity contribution in [1.82, 2.24) is 0 Å². The van der Waals surface area contributed by atoms with Crippen LogP contribution >= 0.6 is 23.5 Å². The second-order valence-corrected chi connectivity index (χ2v) is 6.90. The summed E-state index contributed by atoms with van der Waals surface area (Å²) in [5.74, 6) is 0. The maximum atomic E-state index is 5.39. The quantitative estimate of drug-likeness (QED) is 0.398. The van der Waals surface area contributed by atoms with Crippen LogP contribution in [0.5, 0.6) is 0 Å². The predicted octanol–water partition coefficient (Wildman–Crippen LogP) is 6.39. The highest BCUT2D eigenvalue weighted by molar-refractivity contribution is 8.04. The standard InChI is InChI=1S/C22H14S2/c1-3-23-21-12-6-10-19(15-21)17-8-5-9-18(14-17)20-11-7-13-22(16-20)24-4-2/h1-2,5-16H. The normalized spacial score (nSPS) is 9.92. The zero-order valence-corrected chi connectivity index (χ0v) is 14.5. The first-order valence-electron chi connectivity index (χ1n) is 7.36. The van der Waals surface area contributed by atoms with E-state index in [1.54, 1.807) is 0 Å². The molecule has 3 rings (SSSR count). The van der Waals surface area contributed by atoms with E-state index < -0.39 is 0 Å².